The molecule has 0 aliphatic carbocycles. The van der Waals surface area contributed by atoms with Crippen molar-refractivity contribution in [2.75, 3.05) is 0 Å². The van der Waals surface area contributed by atoms with E-state index in [-0.39, 0.29) is 0 Å². The number of allylic oxidation sites excluding steroid dienone is 2. The van der Waals surface area contributed by atoms with Crippen LogP contribution in [0.25, 0.3) is 44.3 Å². The van der Waals surface area contributed by atoms with Gasteiger partial charge in [-0.2, -0.15) is 0 Å². The minimum absolute atomic E-state index is 0.954. The van der Waals surface area contributed by atoms with Gasteiger partial charge in [0.1, 0.15) is 0 Å². The molecule has 1 aliphatic heterocycles. The molecule has 1 aromatic heterocycles. The first-order valence-electron chi connectivity index (χ1n) is 15.3. The lowest BCUT2D eigenvalue weighted by Gasteiger charge is -2.17. The topological polar surface area (TPSA) is 28.1 Å². The summed E-state index contributed by atoms with van der Waals surface area (Å²) >= 11 is 0. The number of aromatic amines is 1. The molecule has 7 aromatic rings. The maximum Gasteiger partial charge on any atom is 0.0816 e. The molecule has 1 N–H and O–H groups in total. The van der Waals surface area contributed by atoms with Gasteiger partial charge in [0.15, 0.2) is 0 Å². The molecule has 212 valence electrons. The highest BCUT2D eigenvalue weighted by Gasteiger charge is 2.27. The van der Waals surface area contributed by atoms with Crippen molar-refractivity contribution >= 4 is 27.6 Å². The van der Waals surface area contributed by atoms with E-state index in [1.54, 1.807) is 0 Å². The normalized spacial score (nSPS) is 13.9. The summed E-state index contributed by atoms with van der Waals surface area (Å²) in [7, 11) is 0. The molecule has 8 rings (SSSR count). The number of nitrogens with one attached hydrogen (secondary N) is 1. The van der Waals surface area contributed by atoms with Crippen molar-refractivity contribution in [3.8, 4) is 22.4 Å². The van der Waals surface area contributed by atoms with E-state index in [1.165, 1.54) is 10.8 Å². The molecule has 0 fully saturated rings. The SMILES string of the molecule is C1=C(c2ccccc2)/C(=C(/c2[nH]c(-c3ccccc3)cc2-c2ccccc2)c2cccc3ccccc23)N=C1c1ccccc1. The molecule has 0 spiro atoms. The fourth-order valence-electron chi connectivity index (χ4n) is 6.30. The van der Waals surface area contributed by atoms with Gasteiger partial charge in [-0.25, -0.2) is 4.99 Å². The Labute approximate surface area is 263 Å². The van der Waals surface area contributed by atoms with Crippen LogP contribution in [0.4, 0.5) is 0 Å². The smallest absolute Gasteiger partial charge is 0.0816 e. The van der Waals surface area contributed by atoms with E-state index < -0.39 is 0 Å². The van der Waals surface area contributed by atoms with E-state index in [9.17, 15) is 0 Å². The summed E-state index contributed by atoms with van der Waals surface area (Å²) in [4.78, 5) is 9.39. The maximum atomic E-state index is 5.48. The van der Waals surface area contributed by atoms with Crippen molar-refractivity contribution in [3.63, 3.8) is 0 Å². The van der Waals surface area contributed by atoms with Gasteiger partial charge in [0.05, 0.1) is 17.1 Å². The third-order valence-electron chi connectivity index (χ3n) is 8.46. The van der Waals surface area contributed by atoms with Crippen LogP contribution >= 0.6 is 0 Å². The Morgan fingerprint density at radius 2 is 1.04 bits per heavy atom. The predicted molar refractivity (Wildman–Crippen MR) is 189 cm³/mol. The molecule has 0 bridgehead atoms. The molecule has 1 aliphatic rings. The van der Waals surface area contributed by atoms with Crippen LogP contribution in [0, 0.1) is 0 Å². The Bertz CT molecular complexity index is 2210. The number of benzene rings is 6. The summed E-state index contributed by atoms with van der Waals surface area (Å²) in [6.45, 7) is 0. The third kappa shape index (κ3) is 5.03. The average molecular weight is 575 g/mol. The van der Waals surface area contributed by atoms with Crippen molar-refractivity contribution in [1.82, 2.24) is 4.98 Å². The zero-order valence-electron chi connectivity index (χ0n) is 24.7. The first kappa shape index (κ1) is 26.6. The first-order chi connectivity index (χ1) is 22.3. The van der Waals surface area contributed by atoms with Gasteiger partial charge in [-0.1, -0.05) is 164 Å². The molecule has 45 heavy (non-hydrogen) atoms. The van der Waals surface area contributed by atoms with E-state index in [2.05, 4.69) is 181 Å². The highest BCUT2D eigenvalue weighted by atomic mass is 14.8. The van der Waals surface area contributed by atoms with Crippen molar-refractivity contribution in [3.05, 3.63) is 204 Å². The zero-order chi connectivity index (χ0) is 30.0. The molecular formula is C43H30N2. The quantitative estimate of drug-likeness (QED) is 0.205. The molecule has 0 unspecified atom stereocenters. The summed E-state index contributed by atoms with van der Waals surface area (Å²) in [5.41, 5.74) is 13.0. The van der Waals surface area contributed by atoms with E-state index in [0.717, 1.165) is 67.3 Å². The number of hydrogen-bond acceptors (Lipinski definition) is 1. The number of rotatable bonds is 6. The van der Waals surface area contributed by atoms with E-state index in [4.69, 9.17) is 4.99 Å². The largest absolute Gasteiger partial charge is 0.354 e. The number of aliphatic imine (C=N–C) groups is 1. The van der Waals surface area contributed by atoms with Crippen LogP contribution in [0.5, 0.6) is 0 Å². The van der Waals surface area contributed by atoms with Crippen LogP contribution in [0.1, 0.15) is 22.4 Å². The van der Waals surface area contributed by atoms with Gasteiger partial charge in [-0.3, -0.25) is 0 Å². The van der Waals surface area contributed by atoms with Gasteiger partial charge >= 0.3 is 0 Å². The fourth-order valence-corrected chi connectivity index (χ4v) is 6.30. The summed E-state index contributed by atoms with van der Waals surface area (Å²) in [6, 6.07) is 59.8. The van der Waals surface area contributed by atoms with Crippen LogP contribution < -0.4 is 0 Å². The van der Waals surface area contributed by atoms with Crippen LogP contribution in [-0.2, 0) is 0 Å². The van der Waals surface area contributed by atoms with Gasteiger partial charge in [-0.15, -0.1) is 0 Å². The third-order valence-corrected chi connectivity index (χ3v) is 8.46. The lowest BCUT2D eigenvalue weighted by molar-refractivity contribution is 1.32. The number of hydrogen-bond donors (Lipinski definition) is 1. The number of aromatic nitrogens is 1. The fraction of sp³-hybridized carbons (Fsp3) is 0. The second kappa shape index (κ2) is 11.6. The molecule has 6 aromatic carbocycles. The van der Waals surface area contributed by atoms with Gasteiger partial charge in [-0.05, 0) is 45.2 Å². The van der Waals surface area contributed by atoms with Crippen molar-refractivity contribution in [2.45, 2.75) is 0 Å². The van der Waals surface area contributed by atoms with Gasteiger partial charge in [0, 0.05) is 28.0 Å². The highest BCUT2D eigenvalue weighted by Crippen LogP contribution is 2.44. The highest BCUT2D eigenvalue weighted by molar-refractivity contribution is 6.20. The molecule has 0 radical (unpaired) electrons. The molecule has 0 atom stereocenters. The molecule has 0 saturated carbocycles. The molecule has 2 heterocycles. The predicted octanol–water partition coefficient (Wildman–Crippen LogP) is 10.8. The lowest BCUT2D eigenvalue weighted by atomic mass is 9.88. The Hall–Kier alpha value is -5.99. The monoisotopic (exact) mass is 574 g/mol. The zero-order valence-corrected chi connectivity index (χ0v) is 24.7. The molecule has 0 saturated heterocycles. The van der Waals surface area contributed by atoms with Gasteiger partial charge < -0.3 is 4.98 Å². The minimum Gasteiger partial charge on any atom is -0.354 e. The van der Waals surface area contributed by atoms with Crippen LogP contribution in [0.15, 0.2) is 187 Å². The van der Waals surface area contributed by atoms with E-state index >= 15 is 0 Å². The van der Waals surface area contributed by atoms with Gasteiger partial charge in [0.25, 0.3) is 0 Å². The van der Waals surface area contributed by atoms with Crippen molar-refractivity contribution in [2.24, 2.45) is 4.99 Å². The van der Waals surface area contributed by atoms with E-state index in [1.807, 2.05) is 0 Å². The summed E-state index contributed by atoms with van der Waals surface area (Å²) in [5.74, 6) is 0. The number of fused-ring (bicyclic) bond motifs is 1. The van der Waals surface area contributed by atoms with Crippen LogP contribution in [0.3, 0.4) is 0 Å². The summed E-state index contributed by atoms with van der Waals surface area (Å²) in [5, 5.41) is 2.38. The van der Waals surface area contributed by atoms with Gasteiger partial charge in [0.2, 0.25) is 0 Å². The van der Waals surface area contributed by atoms with Crippen LogP contribution in [-0.4, -0.2) is 10.7 Å². The second-order valence-electron chi connectivity index (χ2n) is 11.2. The second-order valence-corrected chi connectivity index (χ2v) is 11.2. The number of H-pyrrole nitrogens is 1. The standard InChI is InChI=1S/C43H30N2/c1-5-16-31(17-6-1)37-28-39(33-21-9-3-10-22-33)44-42(37)41(36-27-15-25-30-20-13-14-26-35(30)36)43-38(32-18-7-2-8-19-32)29-40(45-43)34-23-11-4-12-24-34/h1-29,44H/b43-41-. The van der Waals surface area contributed by atoms with Crippen molar-refractivity contribution < 1.29 is 0 Å². The van der Waals surface area contributed by atoms with Crippen LogP contribution in [0.2, 0.25) is 0 Å². The summed E-state index contributed by atoms with van der Waals surface area (Å²) in [6.07, 6.45) is 2.24. The Morgan fingerprint density at radius 1 is 0.489 bits per heavy atom. The summed E-state index contributed by atoms with van der Waals surface area (Å²) < 4.78 is 0. The lowest BCUT2D eigenvalue weighted by Crippen LogP contribution is -1.99. The van der Waals surface area contributed by atoms with Crippen molar-refractivity contribution in [1.29, 1.82) is 0 Å². The average Bonchev–Trinajstić information content (AvgIpc) is 3.76. The van der Waals surface area contributed by atoms with E-state index in [0.29, 0.717) is 0 Å². The Kier molecular flexibility index (Phi) is 6.86. The minimum atomic E-state index is 0.954. The Morgan fingerprint density at radius 3 is 1.73 bits per heavy atom. The number of nitrogens with zero attached hydrogens (tertiary/aromatic N) is 1. The molecule has 2 heteroatoms. The Balaban J connectivity index is 1.50. The molecule has 0 amide bonds. The molecule has 2 nitrogen and oxygen atoms in total. The first-order valence-corrected chi connectivity index (χ1v) is 15.3. The molecular weight excluding hydrogens is 544 g/mol. The maximum absolute atomic E-state index is 5.48.